The van der Waals surface area contributed by atoms with Crippen LogP contribution < -0.4 is 18.9 Å². The molecule has 0 amide bonds. The number of imidazole rings is 2. The fraction of sp³-hybridized carbons (Fsp3) is 0.333. The Balaban J connectivity index is 1.26. The fourth-order valence-corrected chi connectivity index (χ4v) is 5.66. The van der Waals surface area contributed by atoms with Crippen LogP contribution in [0, 0.1) is 0 Å². The maximum absolute atomic E-state index is 13.1. The van der Waals surface area contributed by atoms with E-state index < -0.39 is 0 Å². The Hall–Kier alpha value is -4.92. The highest BCUT2D eigenvalue weighted by Gasteiger charge is 2.24. The van der Waals surface area contributed by atoms with Crippen LogP contribution >= 0.6 is 0 Å². The number of hydrogen-bond acceptors (Lipinski definition) is 5. The van der Waals surface area contributed by atoms with Gasteiger partial charge in [-0.15, -0.1) is 0 Å². The quantitative estimate of drug-likeness (QED) is 0.178. The topological polar surface area (TPSA) is 73.8 Å². The third kappa shape index (κ3) is 7.78. The van der Waals surface area contributed by atoms with Crippen molar-refractivity contribution in [3.05, 3.63) is 115 Å². The Kier molecular flexibility index (Phi) is 9.97. The summed E-state index contributed by atoms with van der Waals surface area (Å²) < 4.78 is 8.44. The molecule has 0 saturated carbocycles. The number of carbonyl (C=O) groups excluding carboxylic acids is 1. The molecule has 1 aliphatic rings. The van der Waals surface area contributed by atoms with E-state index in [0.717, 1.165) is 56.2 Å². The molecule has 2 aromatic heterocycles. The molecule has 0 saturated heterocycles. The van der Waals surface area contributed by atoms with Crippen molar-refractivity contribution in [1.29, 1.82) is 0 Å². The number of likely N-dealkylation sites (N-methyl/N-ethyl adjacent to an activating group) is 2. The Labute approximate surface area is 266 Å². The monoisotopic (exact) mass is 607 g/mol. The van der Waals surface area contributed by atoms with Crippen LogP contribution in [0.1, 0.15) is 26.3 Å². The summed E-state index contributed by atoms with van der Waals surface area (Å²) in [6.45, 7) is 11.4. The van der Waals surface area contributed by atoms with Gasteiger partial charge in [-0.25, -0.2) is 23.3 Å². The molecule has 2 heterocycles. The second-order valence-corrected chi connectivity index (χ2v) is 11.6. The van der Waals surface area contributed by atoms with Crippen LogP contribution in [0.25, 0.3) is 0 Å². The van der Waals surface area contributed by atoms with E-state index >= 15 is 0 Å². The Morgan fingerprint density at radius 3 is 1.78 bits per heavy atom. The maximum Gasteiger partial charge on any atom is 0.243 e. The molecule has 0 spiro atoms. The van der Waals surface area contributed by atoms with Crippen molar-refractivity contribution in [2.45, 2.75) is 40.3 Å². The number of anilines is 2. The van der Waals surface area contributed by atoms with Gasteiger partial charge in [-0.2, -0.15) is 0 Å². The predicted octanol–water partition coefficient (Wildman–Crippen LogP) is 4.65. The van der Waals surface area contributed by atoms with E-state index in [0.29, 0.717) is 29.0 Å². The molecule has 1 N–H and O–H groups in total. The van der Waals surface area contributed by atoms with Gasteiger partial charge in [0, 0.05) is 42.0 Å². The number of aliphatic hydroxyl groups excluding tert-OH is 1. The number of ketones is 1. The summed E-state index contributed by atoms with van der Waals surface area (Å²) in [6, 6.07) is 16.5. The number of carbonyl (C=O) groups is 1. The number of aryl methyl sites for hydroxylation is 2. The van der Waals surface area contributed by atoms with Crippen LogP contribution in [0.4, 0.5) is 17.1 Å². The second-order valence-electron chi connectivity index (χ2n) is 11.6. The van der Waals surface area contributed by atoms with Crippen LogP contribution in [0.5, 0.6) is 0 Å². The molecule has 234 valence electrons. The number of aromatic nitrogens is 4. The molecule has 5 rings (SSSR count). The molecule has 9 nitrogen and oxygen atoms in total. The van der Waals surface area contributed by atoms with Crippen molar-refractivity contribution in [1.82, 2.24) is 9.13 Å². The van der Waals surface area contributed by atoms with Gasteiger partial charge in [0.1, 0.15) is 49.3 Å². The lowest BCUT2D eigenvalue weighted by Crippen LogP contribution is -2.28. The summed E-state index contributed by atoms with van der Waals surface area (Å²) in [5, 5.41) is 10.9. The highest BCUT2D eigenvalue weighted by atomic mass is 16.3. The first-order valence-electron chi connectivity index (χ1n) is 15.7. The van der Waals surface area contributed by atoms with Gasteiger partial charge in [-0.3, -0.25) is 4.79 Å². The number of nitrogens with zero attached hydrogens (tertiary/aromatic N) is 7. The van der Waals surface area contributed by atoms with Crippen LogP contribution in [0.3, 0.4) is 0 Å². The number of aliphatic imine (C=N–C) groups is 1. The summed E-state index contributed by atoms with van der Waals surface area (Å²) in [6.07, 6.45) is 14.6. The molecular formula is C36H45N7O2+2. The number of hydrogen-bond donors (Lipinski definition) is 1. The molecule has 0 radical (unpaired) electrons. The molecule has 4 aromatic rings. The number of benzene rings is 2. The third-order valence-corrected chi connectivity index (χ3v) is 8.37. The minimum atomic E-state index is -0.249. The summed E-state index contributed by atoms with van der Waals surface area (Å²) in [7, 11) is 4.05. The van der Waals surface area contributed by atoms with Crippen molar-refractivity contribution in [3.63, 3.8) is 0 Å². The van der Waals surface area contributed by atoms with Crippen molar-refractivity contribution in [3.8, 4) is 0 Å². The molecule has 0 fully saturated rings. The van der Waals surface area contributed by atoms with E-state index in [4.69, 9.17) is 4.99 Å². The molecule has 0 atom stereocenters. The summed E-state index contributed by atoms with van der Waals surface area (Å²) >= 11 is 0. The molecule has 0 bridgehead atoms. The van der Waals surface area contributed by atoms with Gasteiger partial charge in [0.05, 0.1) is 32.9 Å². The molecular weight excluding hydrogens is 562 g/mol. The second kappa shape index (κ2) is 14.2. The Bertz CT molecular complexity index is 1710. The van der Waals surface area contributed by atoms with Gasteiger partial charge < -0.3 is 14.9 Å². The van der Waals surface area contributed by atoms with E-state index in [9.17, 15) is 9.90 Å². The lowest BCUT2D eigenvalue weighted by Gasteiger charge is -2.23. The van der Waals surface area contributed by atoms with E-state index in [1.807, 2.05) is 47.8 Å². The first kappa shape index (κ1) is 31.5. The summed E-state index contributed by atoms with van der Waals surface area (Å²) in [4.78, 5) is 22.5. The van der Waals surface area contributed by atoms with E-state index in [2.05, 4.69) is 94.2 Å². The minimum Gasteiger partial charge on any atom is -0.507 e. The van der Waals surface area contributed by atoms with Gasteiger partial charge in [0.25, 0.3) is 0 Å². The molecule has 45 heavy (non-hydrogen) atoms. The summed E-state index contributed by atoms with van der Waals surface area (Å²) in [5.41, 5.74) is 5.40. The van der Waals surface area contributed by atoms with Crippen molar-refractivity contribution >= 4 is 28.6 Å². The van der Waals surface area contributed by atoms with Crippen molar-refractivity contribution < 1.29 is 19.0 Å². The number of rotatable bonds is 13. The third-order valence-electron chi connectivity index (χ3n) is 8.37. The highest BCUT2D eigenvalue weighted by Crippen LogP contribution is 2.27. The average molecular weight is 608 g/mol. The molecule has 1 aliphatic carbocycles. The average Bonchev–Trinajstić information content (AvgIpc) is 3.67. The Morgan fingerprint density at radius 1 is 0.800 bits per heavy atom. The highest BCUT2D eigenvalue weighted by molar-refractivity contribution is 6.51. The van der Waals surface area contributed by atoms with Gasteiger partial charge in [-0.1, -0.05) is 12.1 Å². The lowest BCUT2D eigenvalue weighted by atomic mass is 9.91. The normalized spacial score (nSPS) is 14.3. The first-order chi connectivity index (χ1) is 21.7. The van der Waals surface area contributed by atoms with E-state index in [1.54, 1.807) is 13.0 Å². The number of Topliss-reactive ketones (excluding diaryl/α,β-unsaturated/α-hetero) is 1. The summed E-state index contributed by atoms with van der Waals surface area (Å²) in [5.74, 6) is -0.205. The van der Waals surface area contributed by atoms with Crippen LogP contribution in [0.15, 0.2) is 114 Å². The smallest absolute Gasteiger partial charge is 0.243 e. The molecule has 0 unspecified atom stereocenters. The van der Waals surface area contributed by atoms with Crippen molar-refractivity contribution in [2.24, 2.45) is 19.1 Å². The lowest BCUT2D eigenvalue weighted by molar-refractivity contribution is -0.671. The Morgan fingerprint density at radius 2 is 1.31 bits per heavy atom. The van der Waals surface area contributed by atoms with Gasteiger partial charge in [-0.05, 0) is 68.8 Å². The standard InChI is InChI=1S/C36H44N7O2/c1-6-42(22-20-40-18-16-38(4)26-40)32-12-8-29(9-13-32)24-30-25-34(36(45)28(3)35(30)44)37-31-10-14-33(15-11-31)43(7-2)23-21-41-19-17-39(5)27-41/h8-19,25-27H,6-7,20-24H2,1-5H3/q+1/p+1. The molecule has 9 heteroatoms. The largest absolute Gasteiger partial charge is 0.507 e. The first-order valence-corrected chi connectivity index (χ1v) is 15.7. The predicted molar refractivity (Wildman–Crippen MR) is 179 cm³/mol. The van der Waals surface area contributed by atoms with Crippen LogP contribution in [0.2, 0.25) is 0 Å². The number of aliphatic hydroxyl groups is 1. The zero-order valence-corrected chi connectivity index (χ0v) is 27.1. The minimum absolute atomic E-state index is 0.0447. The van der Waals surface area contributed by atoms with Gasteiger partial charge >= 0.3 is 0 Å². The van der Waals surface area contributed by atoms with Crippen LogP contribution in [-0.2, 0) is 38.4 Å². The SMILES string of the molecule is CCN(CCn1cc[n+](C)c1)c1ccc(CC2=CC(=Nc3ccc(N(CC)CCn4cc[n+](C)c4)cc3)C(=O)C(C)=C2O)cc1. The molecule has 0 aliphatic heterocycles. The van der Waals surface area contributed by atoms with E-state index in [-0.39, 0.29) is 11.5 Å². The maximum atomic E-state index is 13.1. The van der Waals surface area contributed by atoms with Gasteiger partial charge in [0.15, 0.2) is 0 Å². The molecule has 2 aromatic carbocycles. The fourth-order valence-electron chi connectivity index (χ4n) is 5.66. The van der Waals surface area contributed by atoms with Gasteiger partial charge in [0.2, 0.25) is 18.4 Å². The van der Waals surface area contributed by atoms with E-state index in [1.165, 1.54) is 0 Å². The zero-order chi connectivity index (χ0) is 31.9. The number of allylic oxidation sites excluding steroid dienone is 3. The van der Waals surface area contributed by atoms with Crippen LogP contribution in [-0.4, -0.2) is 51.9 Å². The zero-order valence-electron chi connectivity index (χ0n) is 27.1. The van der Waals surface area contributed by atoms with Crippen molar-refractivity contribution in [2.75, 3.05) is 36.0 Å².